The summed E-state index contributed by atoms with van der Waals surface area (Å²) in [6.45, 7) is 4.00. The molecular weight excluding hydrogens is 312 g/mol. The lowest BCUT2D eigenvalue weighted by atomic mass is 10.2. The number of nitrogens with zero attached hydrogens (tertiary/aromatic N) is 3. The standard InChI is InChI=1S/C16H18N4O2S/c1-3-14-19-15-11(2)13(18-10-23(21)22)9-17-16(15)20(14)12-7-5-4-6-8-12/h4-9,18H,3,10H2,1-2H3,(H,21,22). The summed E-state index contributed by atoms with van der Waals surface area (Å²) < 4.78 is 21.8. The molecule has 0 aliphatic heterocycles. The fraction of sp³-hybridized carbons (Fsp3) is 0.250. The predicted octanol–water partition coefficient (Wildman–Crippen LogP) is 2.88. The van der Waals surface area contributed by atoms with Crippen LogP contribution in [0.25, 0.3) is 16.9 Å². The van der Waals surface area contributed by atoms with Crippen LogP contribution in [0.5, 0.6) is 0 Å². The van der Waals surface area contributed by atoms with E-state index in [-0.39, 0.29) is 5.88 Å². The first-order valence-electron chi connectivity index (χ1n) is 7.35. The normalized spacial score (nSPS) is 12.5. The number of hydrogen-bond acceptors (Lipinski definition) is 4. The van der Waals surface area contributed by atoms with Crippen LogP contribution in [0.1, 0.15) is 18.3 Å². The number of benzene rings is 1. The van der Waals surface area contributed by atoms with Crippen molar-refractivity contribution in [1.82, 2.24) is 14.5 Å². The largest absolute Gasteiger partial charge is 0.370 e. The highest BCUT2D eigenvalue weighted by molar-refractivity contribution is 7.79. The van der Waals surface area contributed by atoms with Crippen molar-refractivity contribution in [2.45, 2.75) is 20.3 Å². The van der Waals surface area contributed by atoms with Gasteiger partial charge in [0.05, 0.1) is 11.9 Å². The van der Waals surface area contributed by atoms with Crippen LogP contribution in [0.4, 0.5) is 5.69 Å². The zero-order valence-electron chi connectivity index (χ0n) is 13.0. The molecule has 1 atom stereocenters. The highest BCUT2D eigenvalue weighted by Crippen LogP contribution is 2.26. The third kappa shape index (κ3) is 2.97. The monoisotopic (exact) mass is 330 g/mol. The molecule has 2 aromatic heterocycles. The molecule has 120 valence electrons. The zero-order valence-corrected chi connectivity index (χ0v) is 13.8. The first kappa shape index (κ1) is 15.6. The summed E-state index contributed by atoms with van der Waals surface area (Å²) in [6, 6.07) is 10.0. The Bertz CT molecular complexity index is 861. The van der Waals surface area contributed by atoms with Crippen molar-refractivity contribution in [3.63, 3.8) is 0 Å². The Morgan fingerprint density at radius 1 is 1.30 bits per heavy atom. The molecule has 0 aliphatic carbocycles. The highest BCUT2D eigenvalue weighted by atomic mass is 32.2. The van der Waals surface area contributed by atoms with E-state index in [0.717, 1.165) is 40.3 Å². The third-order valence-corrected chi connectivity index (χ3v) is 4.11. The van der Waals surface area contributed by atoms with Crippen LogP contribution < -0.4 is 5.32 Å². The average Bonchev–Trinajstić information content (AvgIpc) is 2.94. The summed E-state index contributed by atoms with van der Waals surface area (Å²) in [6.07, 6.45) is 2.47. The van der Waals surface area contributed by atoms with Gasteiger partial charge in [-0.2, -0.15) is 0 Å². The Morgan fingerprint density at radius 2 is 2.04 bits per heavy atom. The number of rotatable bonds is 5. The number of pyridine rings is 1. The van der Waals surface area contributed by atoms with E-state index >= 15 is 0 Å². The minimum atomic E-state index is -1.90. The smallest absolute Gasteiger partial charge is 0.172 e. The molecule has 2 heterocycles. The third-order valence-electron chi connectivity index (χ3n) is 3.71. The molecule has 0 spiro atoms. The van der Waals surface area contributed by atoms with Gasteiger partial charge < -0.3 is 9.87 Å². The lowest BCUT2D eigenvalue weighted by Crippen LogP contribution is -2.08. The van der Waals surface area contributed by atoms with Crippen molar-refractivity contribution >= 4 is 27.9 Å². The molecule has 0 radical (unpaired) electrons. The number of anilines is 1. The van der Waals surface area contributed by atoms with Crippen molar-refractivity contribution in [2.75, 3.05) is 11.2 Å². The molecule has 0 bridgehead atoms. The second kappa shape index (κ2) is 6.47. The molecule has 1 unspecified atom stereocenters. The van der Waals surface area contributed by atoms with Gasteiger partial charge in [0.25, 0.3) is 0 Å². The maximum atomic E-state index is 10.8. The summed E-state index contributed by atoms with van der Waals surface area (Å²) in [7, 11) is 0. The topological polar surface area (TPSA) is 80.0 Å². The lowest BCUT2D eigenvalue weighted by molar-refractivity contribution is 0.566. The first-order chi connectivity index (χ1) is 11.1. The number of fused-ring (bicyclic) bond motifs is 1. The SMILES string of the molecule is CCc1nc2c(C)c(NCS(=O)O)cnc2n1-c1ccccc1. The first-order valence-corrected chi connectivity index (χ1v) is 8.63. The van der Waals surface area contributed by atoms with Crippen LogP contribution in [0, 0.1) is 6.92 Å². The van der Waals surface area contributed by atoms with Gasteiger partial charge in [-0.05, 0) is 19.1 Å². The summed E-state index contributed by atoms with van der Waals surface area (Å²) in [5.41, 5.74) is 4.27. The molecule has 3 rings (SSSR count). The second-order valence-electron chi connectivity index (χ2n) is 5.16. The fourth-order valence-electron chi connectivity index (χ4n) is 2.58. The van der Waals surface area contributed by atoms with Gasteiger partial charge in [-0.25, -0.2) is 14.2 Å². The van der Waals surface area contributed by atoms with E-state index in [2.05, 4.69) is 21.8 Å². The Balaban J connectivity index is 2.15. The van der Waals surface area contributed by atoms with Crippen LogP contribution >= 0.6 is 0 Å². The van der Waals surface area contributed by atoms with E-state index in [0.29, 0.717) is 0 Å². The van der Waals surface area contributed by atoms with Gasteiger partial charge in [0, 0.05) is 17.7 Å². The number of aryl methyl sites for hydroxylation is 2. The number of hydrogen-bond donors (Lipinski definition) is 2. The Kier molecular flexibility index (Phi) is 4.40. The van der Waals surface area contributed by atoms with Crippen molar-refractivity contribution in [3.05, 3.63) is 47.9 Å². The summed E-state index contributed by atoms with van der Waals surface area (Å²) in [5.74, 6) is 0.901. The number of para-hydroxylation sites is 1. The maximum absolute atomic E-state index is 10.8. The molecule has 0 saturated carbocycles. The number of imidazole rings is 1. The van der Waals surface area contributed by atoms with Crippen molar-refractivity contribution in [1.29, 1.82) is 0 Å². The molecule has 0 fully saturated rings. The summed E-state index contributed by atoms with van der Waals surface area (Å²) in [5, 5.41) is 2.93. The van der Waals surface area contributed by atoms with Gasteiger partial charge in [0.1, 0.15) is 17.2 Å². The fourth-order valence-corrected chi connectivity index (χ4v) is 2.86. The van der Waals surface area contributed by atoms with Crippen LogP contribution in [0.3, 0.4) is 0 Å². The summed E-state index contributed by atoms with van der Waals surface area (Å²) >= 11 is -1.90. The van der Waals surface area contributed by atoms with E-state index in [1.807, 2.05) is 37.3 Å². The predicted molar refractivity (Wildman–Crippen MR) is 92.2 cm³/mol. The Hall–Kier alpha value is -2.25. The van der Waals surface area contributed by atoms with Crippen molar-refractivity contribution in [3.8, 4) is 5.69 Å². The second-order valence-corrected chi connectivity index (χ2v) is 6.10. The minimum Gasteiger partial charge on any atom is -0.370 e. The maximum Gasteiger partial charge on any atom is 0.172 e. The van der Waals surface area contributed by atoms with E-state index in [9.17, 15) is 4.21 Å². The average molecular weight is 330 g/mol. The van der Waals surface area contributed by atoms with Gasteiger partial charge in [0.15, 0.2) is 16.7 Å². The van der Waals surface area contributed by atoms with E-state index in [1.54, 1.807) is 6.20 Å². The van der Waals surface area contributed by atoms with Crippen LogP contribution in [0.2, 0.25) is 0 Å². The zero-order chi connectivity index (χ0) is 16.4. The lowest BCUT2D eigenvalue weighted by Gasteiger charge is -2.09. The van der Waals surface area contributed by atoms with Gasteiger partial charge in [-0.3, -0.25) is 4.57 Å². The number of nitrogens with one attached hydrogen (secondary N) is 1. The van der Waals surface area contributed by atoms with Crippen molar-refractivity contribution < 1.29 is 8.76 Å². The molecule has 3 aromatic rings. The quantitative estimate of drug-likeness (QED) is 0.703. The molecule has 23 heavy (non-hydrogen) atoms. The van der Waals surface area contributed by atoms with Gasteiger partial charge in [0.2, 0.25) is 0 Å². The molecule has 0 saturated heterocycles. The highest BCUT2D eigenvalue weighted by Gasteiger charge is 2.16. The Labute approximate surface area is 136 Å². The number of aromatic nitrogens is 3. The molecule has 6 nitrogen and oxygen atoms in total. The molecule has 0 aliphatic rings. The van der Waals surface area contributed by atoms with Crippen LogP contribution in [0.15, 0.2) is 36.5 Å². The van der Waals surface area contributed by atoms with E-state index in [4.69, 9.17) is 9.54 Å². The van der Waals surface area contributed by atoms with Crippen molar-refractivity contribution in [2.24, 2.45) is 0 Å². The van der Waals surface area contributed by atoms with E-state index < -0.39 is 11.1 Å². The van der Waals surface area contributed by atoms with Crippen LogP contribution in [-0.4, -0.2) is 29.2 Å². The molecule has 1 aromatic carbocycles. The van der Waals surface area contributed by atoms with Gasteiger partial charge in [-0.15, -0.1) is 0 Å². The van der Waals surface area contributed by atoms with E-state index in [1.165, 1.54) is 0 Å². The van der Waals surface area contributed by atoms with Gasteiger partial charge in [-0.1, -0.05) is 25.1 Å². The van der Waals surface area contributed by atoms with Gasteiger partial charge >= 0.3 is 0 Å². The molecule has 0 amide bonds. The Morgan fingerprint density at radius 3 is 2.70 bits per heavy atom. The molecular formula is C16H18N4O2S. The molecule has 7 heteroatoms. The van der Waals surface area contributed by atoms with Crippen LogP contribution in [-0.2, 0) is 17.5 Å². The minimum absolute atomic E-state index is 0.0337. The molecule has 2 N–H and O–H groups in total. The summed E-state index contributed by atoms with van der Waals surface area (Å²) in [4.78, 5) is 9.24.